The van der Waals surface area contributed by atoms with Gasteiger partial charge in [0.05, 0.1) is 0 Å². The highest BCUT2D eigenvalue weighted by atomic mass is 16.5. The quantitative estimate of drug-likeness (QED) is 0.532. The van der Waals surface area contributed by atoms with E-state index in [9.17, 15) is 19.5 Å². The molecule has 0 saturated heterocycles. The summed E-state index contributed by atoms with van der Waals surface area (Å²) in [6.07, 6.45) is 8.48. The highest BCUT2D eigenvalue weighted by Crippen LogP contribution is 2.60. The van der Waals surface area contributed by atoms with Gasteiger partial charge < -0.3 is 20.5 Å². The maximum absolute atomic E-state index is 12.9. The highest BCUT2D eigenvalue weighted by molar-refractivity contribution is 5.92. The summed E-state index contributed by atoms with van der Waals surface area (Å²) in [4.78, 5) is 37.6. The van der Waals surface area contributed by atoms with Crippen LogP contribution in [0.1, 0.15) is 55.6 Å². The number of carboxylic acids is 1. The molecule has 7 nitrogen and oxygen atoms in total. The second-order valence-corrected chi connectivity index (χ2v) is 10.0. The van der Waals surface area contributed by atoms with E-state index in [1.54, 1.807) is 0 Å². The van der Waals surface area contributed by atoms with E-state index in [1.807, 2.05) is 48.5 Å². The molecule has 1 atom stereocenters. The van der Waals surface area contributed by atoms with Crippen LogP contribution in [0.3, 0.4) is 0 Å². The lowest BCUT2D eigenvalue weighted by atomic mass is 9.48. The van der Waals surface area contributed by atoms with Crippen LogP contribution in [0.25, 0.3) is 11.1 Å². The van der Waals surface area contributed by atoms with E-state index in [4.69, 9.17) is 11.2 Å². The minimum atomic E-state index is -1.30. The Morgan fingerprint density at radius 2 is 1.66 bits per heavy atom. The van der Waals surface area contributed by atoms with Crippen LogP contribution in [-0.2, 0) is 14.3 Å². The van der Waals surface area contributed by atoms with E-state index in [2.05, 4.69) is 16.6 Å². The number of terminal acetylenes is 1. The number of nitrogens with one attached hydrogen (secondary N) is 2. The molecular weight excluding hydrogens is 444 g/mol. The summed E-state index contributed by atoms with van der Waals surface area (Å²) in [5, 5.41) is 15.0. The number of ether oxygens (including phenoxy) is 1. The largest absolute Gasteiger partial charge is 0.480 e. The number of benzene rings is 2. The summed E-state index contributed by atoms with van der Waals surface area (Å²) in [5.74, 6) is 0.619. The van der Waals surface area contributed by atoms with Gasteiger partial charge in [-0.25, -0.2) is 9.59 Å². The van der Waals surface area contributed by atoms with Gasteiger partial charge in [-0.2, -0.15) is 0 Å². The van der Waals surface area contributed by atoms with E-state index in [-0.39, 0.29) is 24.4 Å². The zero-order valence-corrected chi connectivity index (χ0v) is 19.4. The molecule has 3 N–H and O–H groups in total. The minimum absolute atomic E-state index is 0.0352. The zero-order chi connectivity index (χ0) is 24.6. The number of carbonyl (C=O) groups excluding carboxylic acids is 2. The molecule has 1 spiro atoms. The standard InChI is InChI=1S/C28H28N2O5/c1-2-8-23(24(31)30-28(25(32)33)16-27(17-28)13-7-14-27)29-26(34)35-15-22-20-11-5-3-9-18(20)19-10-4-6-12-21(19)22/h1,3-6,9-12,22-23H,7-8,13-17H2,(H,29,34)(H,30,31)(H,32,33). The van der Waals surface area contributed by atoms with Gasteiger partial charge >= 0.3 is 12.1 Å². The molecule has 3 aliphatic rings. The molecular formula is C28H28N2O5. The number of fused-ring (bicyclic) bond motifs is 3. The summed E-state index contributed by atoms with van der Waals surface area (Å²) in [6.45, 7) is 0.103. The van der Waals surface area contributed by atoms with Gasteiger partial charge in [0.2, 0.25) is 5.91 Å². The molecule has 7 heteroatoms. The minimum Gasteiger partial charge on any atom is -0.480 e. The van der Waals surface area contributed by atoms with E-state index >= 15 is 0 Å². The Labute approximate surface area is 204 Å². The molecule has 0 aliphatic heterocycles. The van der Waals surface area contributed by atoms with Crippen LogP contribution in [0.4, 0.5) is 4.79 Å². The van der Waals surface area contributed by atoms with Crippen molar-refractivity contribution in [2.45, 2.75) is 56.0 Å². The lowest BCUT2D eigenvalue weighted by molar-refractivity contribution is -0.166. The second-order valence-electron chi connectivity index (χ2n) is 10.0. The normalized spacial score (nSPS) is 19.2. The average Bonchev–Trinajstić information content (AvgIpc) is 3.11. The Kier molecular flexibility index (Phi) is 5.76. The number of carbonyl (C=O) groups is 3. The van der Waals surface area contributed by atoms with E-state index in [1.165, 1.54) is 0 Å². The van der Waals surface area contributed by atoms with Gasteiger partial charge in [-0.05, 0) is 53.4 Å². The number of hydrogen-bond acceptors (Lipinski definition) is 4. The zero-order valence-electron chi connectivity index (χ0n) is 19.4. The summed E-state index contributed by atoms with van der Waals surface area (Å²) in [7, 11) is 0. The molecule has 2 aromatic rings. The van der Waals surface area contributed by atoms with Gasteiger partial charge in [0, 0.05) is 12.3 Å². The van der Waals surface area contributed by atoms with Crippen LogP contribution >= 0.6 is 0 Å². The lowest BCUT2D eigenvalue weighted by Crippen LogP contribution is -2.69. The SMILES string of the molecule is C#CCC(NC(=O)OCC1c2ccccc2-c2ccccc21)C(=O)NC1(C(=O)O)CC2(CCC2)C1. The molecule has 180 valence electrons. The van der Waals surface area contributed by atoms with E-state index < -0.39 is 29.6 Å². The Morgan fingerprint density at radius 1 is 1.06 bits per heavy atom. The fourth-order valence-electron chi connectivity index (χ4n) is 5.98. The monoisotopic (exact) mass is 472 g/mol. The van der Waals surface area contributed by atoms with Crippen molar-refractivity contribution in [1.29, 1.82) is 0 Å². The number of alkyl carbamates (subject to hydrolysis) is 1. The molecule has 35 heavy (non-hydrogen) atoms. The molecule has 2 fully saturated rings. The Bertz CT molecular complexity index is 1170. The van der Waals surface area contributed by atoms with Crippen LogP contribution < -0.4 is 10.6 Å². The van der Waals surface area contributed by atoms with Gasteiger partial charge in [-0.3, -0.25) is 4.79 Å². The van der Waals surface area contributed by atoms with Gasteiger partial charge in [0.1, 0.15) is 18.2 Å². The van der Waals surface area contributed by atoms with Crippen molar-refractivity contribution in [1.82, 2.24) is 10.6 Å². The molecule has 0 radical (unpaired) electrons. The first-order valence-corrected chi connectivity index (χ1v) is 12.0. The van der Waals surface area contributed by atoms with Crippen molar-refractivity contribution in [2.24, 2.45) is 5.41 Å². The summed E-state index contributed by atoms with van der Waals surface area (Å²) in [6, 6.07) is 14.9. The molecule has 0 aromatic heterocycles. The maximum atomic E-state index is 12.9. The fraction of sp³-hybridized carbons (Fsp3) is 0.393. The molecule has 5 rings (SSSR count). The van der Waals surface area contributed by atoms with Crippen LogP contribution in [0.5, 0.6) is 0 Å². The van der Waals surface area contributed by atoms with Crippen LogP contribution in [0, 0.1) is 17.8 Å². The molecule has 2 amide bonds. The Hall–Kier alpha value is -3.79. The summed E-state index contributed by atoms with van der Waals surface area (Å²) < 4.78 is 5.53. The molecule has 1 unspecified atom stereocenters. The fourth-order valence-corrected chi connectivity index (χ4v) is 5.98. The van der Waals surface area contributed by atoms with Crippen molar-refractivity contribution >= 4 is 18.0 Å². The topological polar surface area (TPSA) is 105 Å². The predicted molar refractivity (Wildman–Crippen MR) is 129 cm³/mol. The van der Waals surface area contributed by atoms with Gasteiger partial charge in [-0.15, -0.1) is 12.3 Å². The van der Waals surface area contributed by atoms with Crippen molar-refractivity contribution in [3.8, 4) is 23.5 Å². The number of carboxylic acid groups (broad SMARTS) is 1. The van der Waals surface area contributed by atoms with Crippen molar-refractivity contribution < 1.29 is 24.2 Å². The highest BCUT2D eigenvalue weighted by Gasteiger charge is 2.62. The smallest absolute Gasteiger partial charge is 0.407 e. The first-order chi connectivity index (χ1) is 16.9. The van der Waals surface area contributed by atoms with Gasteiger partial charge in [0.25, 0.3) is 0 Å². The molecule has 3 aliphatic carbocycles. The number of aliphatic carboxylic acids is 1. The van der Waals surface area contributed by atoms with E-state index in [0.29, 0.717) is 12.8 Å². The number of rotatable bonds is 7. The average molecular weight is 473 g/mol. The Balaban J connectivity index is 1.22. The van der Waals surface area contributed by atoms with Gasteiger partial charge in [0.15, 0.2) is 0 Å². The number of hydrogen-bond donors (Lipinski definition) is 3. The van der Waals surface area contributed by atoms with E-state index in [0.717, 1.165) is 41.5 Å². The van der Waals surface area contributed by atoms with Crippen LogP contribution in [0.15, 0.2) is 48.5 Å². The molecule has 2 saturated carbocycles. The molecule has 0 heterocycles. The number of amides is 2. The van der Waals surface area contributed by atoms with Gasteiger partial charge in [-0.1, -0.05) is 55.0 Å². The predicted octanol–water partition coefficient (Wildman–Crippen LogP) is 3.82. The first kappa shape index (κ1) is 23.0. The first-order valence-electron chi connectivity index (χ1n) is 12.0. The molecule has 0 bridgehead atoms. The lowest BCUT2D eigenvalue weighted by Gasteiger charge is -2.59. The summed E-state index contributed by atoms with van der Waals surface area (Å²) in [5.41, 5.74) is 3.13. The maximum Gasteiger partial charge on any atom is 0.407 e. The summed E-state index contributed by atoms with van der Waals surface area (Å²) >= 11 is 0. The third-order valence-corrected chi connectivity index (χ3v) is 7.81. The van der Waals surface area contributed by atoms with Crippen LogP contribution in [0.2, 0.25) is 0 Å². The third-order valence-electron chi connectivity index (χ3n) is 7.81. The molecule has 2 aromatic carbocycles. The van der Waals surface area contributed by atoms with Crippen molar-refractivity contribution in [2.75, 3.05) is 6.61 Å². The third kappa shape index (κ3) is 4.03. The van der Waals surface area contributed by atoms with Crippen molar-refractivity contribution in [3.63, 3.8) is 0 Å². The Morgan fingerprint density at radius 3 is 2.17 bits per heavy atom. The van der Waals surface area contributed by atoms with Crippen LogP contribution in [-0.4, -0.2) is 41.3 Å². The van der Waals surface area contributed by atoms with Crippen molar-refractivity contribution in [3.05, 3.63) is 59.7 Å². The second kappa shape index (κ2) is 8.77.